The number of carboxylic acid groups (broad SMARTS) is 3. The lowest BCUT2D eigenvalue weighted by Crippen LogP contribution is -2.63. The number of hydrogen-bond acceptors (Lipinski definition) is 28. The zero-order chi connectivity index (χ0) is 98.6. The third-order valence-electron chi connectivity index (χ3n) is 20.4. The highest BCUT2D eigenvalue weighted by atomic mass is 32.2. The van der Waals surface area contributed by atoms with E-state index in [9.17, 15) is 142 Å². The molecule has 728 valence electrons. The van der Waals surface area contributed by atoms with E-state index in [1.54, 1.807) is 45.9 Å². The number of aliphatic hydroxyl groups excluding tert-OH is 4. The normalized spacial score (nSPS) is 15.4. The zero-order valence-electron chi connectivity index (χ0n) is 74.0. The minimum atomic E-state index is -2.21. The Morgan fingerprint density at radius 2 is 0.871 bits per heavy atom. The molecule has 0 aliphatic carbocycles. The van der Waals surface area contributed by atoms with Crippen molar-refractivity contribution < 1.29 is 142 Å². The molecular formula is C84H122N18O29S. The summed E-state index contributed by atoms with van der Waals surface area (Å²) in [6, 6.07) is -4.42. The molecule has 0 aromatic heterocycles. The number of imide groups is 1. The first-order valence-corrected chi connectivity index (χ1v) is 43.7. The summed E-state index contributed by atoms with van der Waals surface area (Å²) in [5.74, 6) is -24.1. The van der Waals surface area contributed by atoms with Crippen LogP contribution in [-0.2, 0) is 110 Å². The van der Waals surface area contributed by atoms with E-state index in [1.165, 1.54) is 67.6 Å². The Labute approximate surface area is 763 Å². The molecule has 1 aliphatic heterocycles. The van der Waals surface area contributed by atoms with Crippen LogP contribution < -0.4 is 90.8 Å². The van der Waals surface area contributed by atoms with Crippen LogP contribution in [0.2, 0.25) is 0 Å². The predicted molar refractivity (Wildman–Crippen MR) is 468 cm³/mol. The molecule has 48 heteroatoms. The minimum absolute atomic E-state index is 0.00947. The first-order valence-electron chi connectivity index (χ1n) is 42.5. The molecule has 1 fully saturated rings. The highest BCUT2D eigenvalue weighted by Gasteiger charge is 2.41. The molecule has 0 unspecified atom stereocenters. The van der Waals surface area contributed by atoms with Crippen molar-refractivity contribution >= 4 is 130 Å². The summed E-state index contributed by atoms with van der Waals surface area (Å²) in [7, 11) is 0. The van der Waals surface area contributed by atoms with Crippen molar-refractivity contribution in [3.8, 4) is 11.5 Å². The number of amides is 18. The van der Waals surface area contributed by atoms with Crippen LogP contribution in [0.25, 0.3) is 0 Å². The quantitative estimate of drug-likeness (QED) is 0.0184. The van der Waals surface area contributed by atoms with Gasteiger partial charge in [-0.15, -0.1) is 11.8 Å². The zero-order valence-corrected chi connectivity index (χ0v) is 74.8. The van der Waals surface area contributed by atoms with Gasteiger partial charge in [0.2, 0.25) is 94.5 Å². The highest BCUT2D eigenvalue weighted by Crippen LogP contribution is 2.19. The molecule has 47 nitrogen and oxygen atoms in total. The van der Waals surface area contributed by atoms with Crippen molar-refractivity contribution in [3.05, 3.63) is 95.6 Å². The molecule has 0 radical (unpaired) electrons. The lowest BCUT2D eigenvalue weighted by atomic mass is 9.96. The van der Waals surface area contributed by atoms with E-state index in [4.69, 9.17) is 5.73 Å². The van der Waals surface area contributed by atoms with E-state index >= 15 is 0 Å². The maximum atomic E-state index is 14.7. The summed E-state index contributed by atoms with van der Waals surface area (Å²) < 4.78 is 0. The van der Waals surface area contributed by atoms with Crippen LogP contribution in [0.4, 0.5) is 4.79 Å². The number of nitrogens with one attached hydrogen (secondary N) is 16. The predicted octanol–water partition coefficient (Wildman–Crippen LogP) is -6.86. The molecule has 18 amide bonds. The van der Waals surface area contributed by atoms with Crippen LogP contribution in [0.3, 0.4) is 0 Å². The lowest BCUT2D eigenvalue weighted by molar-refractivity contribution is -0.142. The van der Waals surface area contributed by atoms with Crippen LogP contribution in [0.1, 0.15) is 129 Å². The van der Waals surface area contributed by atoms with E-state index in [0.717, 1.165) is 30.5 Å². The molecule has 0 bridgehead atoms. The van der Waals surface area contributed by atoms with Crippen LogP contribution in [0.5, 0.6) is 11.5 Å². The number of hydrogen-bond donors (Lipinski definition) is 26. The van der Waals surface area contributed by atoms with Crippen molar-refractivity contribution in [2.45, 2.75) is 223 Å². The first kappa shape index (κ1) is 111. The van der Waals surface area contributed by atoms with Crippen molar-refractivity contribution in [2.24, 2.45) is 17.6 Å². The van der Waals surface area contributed by atoms with Gasteiger partial charge < -0.3 is 136 Å². The van der Waals surface area contributed by atoms with E-state index in [2.05, 4.69) is 85.1 Å². The highest BCUT2D eigenvalue weighted by molar-refractivity contribution is 8.00. The molecule has 0 spiro atoms. The number of carbonyl (C=O) groups excluding carboxylic acids is 17. The molecular weight excluding hydrogens is 1760 g/mol. The second kappa shape index (κ2) is 57.1. The Bertz CT molecular complexity index is 4460. The summed E-state index contributed by atoms with van der Waals surface area (Å²) in [5, 5.41) is 130. The Balaban J connectivity index is 1.53. The third-order valence-corrected chi connectivity index (χ3v) is 21.3. The van der Waals surface area contributed by atoms with Gasteiger partial charge in [0.25, 0.3) is 0 Å². The van der Waals surface area contributed by atoms with Crippen molar-refractivity contribution in [1.82, 2.24) is 90.0 Å². The van der Waals surface area contributed by atoms with Crippen LogP contribution in [0.15, 0.2) is 78.9 Å². The molecule has 16 atom stereocenters. The van der Waals surface area contributed by atoms with Gasteiger partial charge in [-0.1, -0.05) is 95.1 Å². The number of rotatable bonds is 60. The van der Waals surface area contributed by atoms with Gasteiger partial charge in [0.1, 0.15) is 90.5 Å². The molecule has 3 aromatic rings. The molecule has 0 saturated carbocycles. The number of carboxylic acids is 3. The van der Waals surface area contributed by atoms with Crippen LogP contribution >= 0.6 is 11.8 Å². The first-order chi connectivity index (χ1) is 62.3. The average Bonchev–Trinajstić information content (AvgIpc) is 0.949. The summed E-state index contributed by atoms with van der Waals surface area (Å²) in [6.45, 7) is 6.96. The van der Waals surface area contributed by atoms with Gasteiger partial charge in [-0.2, -0.15) is 0 Å². The van der Waals surface area contributed by atoms with Crippen molar-refractivity contribution in [2.75, 3.05) is 57.4 Å². The maximum absolute atomic E-state index is 14.7. The number of aliphatic hydroxyl groups is 4. The van der Waals surface area contributed by atoms with Crippen molar-refractivity contribution in [1.29, 1.82) is 0 Å². The van der Waals surface area contributed by atoms with Crippen LogP contribution in [-0.4, -0.2) is 318 Å². The number of nitrogens with two attached hydrogens (primary N) is 1. The Morgan fingerprint density at radius 1 is 0.439 bits per heavy atom. The topological polar surface area (TPSA) is 745 Å². The SMILES string of the molecule is CC[C@H](C)[C@H](NC(=O)[C@H](CO)NC(=O)[C@H](CCc1ccc(O)cc1)NC(=O)[C@H](CC(=O)O)NC(=O)[C@H](CO)NC(=O)[C@@H](NC(=O)[C@H](Cc1ccccc1)NC(=O)[C@@H](NC(=O)CNC(=O)[C@H](CCC(=O)O)NC(=O)CSCC(=O)NCCN1CC(=O)NC1=O)[C@@H](C)O)[C@@H](C)O)C(=O)N[C@@H](Cc1ccc(O)cc1)C(=O)N[C@@H](CC(C)C)C(=O)N[C@@H](CC(=O)O)C(=O)N[C@H](C)CCCCN. The number of aromatic hydroxyl groups is 2. The molecule has 1 aliphatic rings. The Hall–Kier alpha value is -13.2. The minimum Gasteiger partial charge on any atom is -0.508 e. The molecule has 1 heterocycles. The largest absolute Gasteiger partial charge is 0.508 e. The molecule has 3 aromatic carbocycles. The molecule has 4 rings (SSSR count). The number of aliphatic carboxylic acids is 3. The number of phenolic OH excluding ortho intramolecular Hbond substituents is 2. The number of nitrogens with zero attached hydrogens (tertiary/aromatic N) is 1. The van der Waals surface area contributed by atoms with E-state index in [0.29, 0.717) is 42.5 Å². The third kappa shape index (κ3) is 40.4. The van der Waals surface area contributed by atoms with Crippen LogP contribution in [0, 0.1) is 11.8 Å². The Kier molecular flexibility index (Phi) is 48.1. The van der Waals surface area contributed by atoms with Crippen molar-refractivity contribution in [3.63, 3.8) is 0 Å². The summed E-state index contributed by atoms with van der Waals surface area (Å²) in [4.78, 5) is 270. The number of benzene rings is 3. The molecule has 1 saturated heterocycles. The number of carbonyl (C=O) groups is 20. The van der Waals surface area contributed by atoms with Gasteiger partial charge in [-0.3, -0.25) is 96.4 Å². The second-order valence-corrected chi connectivity index (χ2v) is 32.9. The van der Waals surface area contributed by atoms with Gasteiger partial charge in [0.05, 0.1) is 56.3 Å². The summed E-state index contributed by atoms with van der Waals surface area (Å²) >= 11 is 0.797. The van der Waals surface area contributed by atoms with Gasteiger partial charge in [0.15, 0.2) is 0 Å². The number of urea groups is 1. The number of thioether (sulfide) groups is 1. The fourth-order valence-corrected chi connectivity index (χ4v) is 13.6. The van der Waals surface area contributed by atoms with Gasteiger partial charge in [0, 0.05) is 38.4 Å². The monoisotopic (exact) mass is 1880 g/mol. The maximum Gasteiger partial charge on any atom is 0.324 e. The van der Waals surface area contributed by atoms with Gasteiger partial charge in [-0.05, 0) is 119 Å². The number of unbranched alkanes of at least 4 members (excludes halogenated alkanes) is 1. The summed E-state index contributed by atoms with van der Waals surface area (Å²) in [5.41, 5.74) is 6.73. The smallest absolute Gasteiger partial charge is 0.324 e. The number of phenols is 2. The van der Waals surface area contributed by atoms with Gasteiger partial charge >= 0.3 is 23.9 Å². The van der Waals surface area contributed by atoms with Gasteiger partial charge in [-0.25, -0.2) is 4.79 Å². The summed E-state index contributed by atoms with van der Waals surface area (Å²) in [6.07, 6.45) is -6.43. The van der Waals surface area contributed by atoms with E-state index in [-0.39, 0.29) is 68.5 Å². The molecule has 132 heavy (non-hydrogen) atoms. The fourth-order valence-electron chi connectivity index (χ4n) is 13.0. The fraction of sp³-hybridized carbons (Fsp3) is 0.548. The standard InChI is InChI=1S/C84H122N18O29S/c1-8-44(4)69(81(128)94-56(34-50-19-24-52(108)25-20-50)76(123)91-55(32-43(2)3)75(122)92-58(35-67(115)116)74(121)88-45(5)14-12-13-29-85)100-80(127)61(40-104)96-73(120)54(26-21-48-17-22-51(107)23-18-48)90-77(124)59(36-68(117)118)93-79(126)60(39-103)97-83(130)71(47(7)106)101-78(125)57(33-49-15-10-9-11-16-49)95-82(129)70(46(6)105)98-62(109)37-87-72(119)53(27-28-66(113)114)89-65(112)42-132-41-64(111)86-30-31-102-38-63(110)99-84(102)131/h9-11,15-20,22-25,43-47,53-61,69-71,103-108H,8,12-14,21,26-42,85H2,1-7H3,(H,86,111)(H,87,119)(H,88,121)(H,89,112)(H,90,124)(H,91,123)(H,92,122)(H,93,126)(H,94,128)(H,95,129)(H,96,120)(H,97,130)(H,98,109)(H,100,127)(H,101,125)(H,113,114)(H,115,116)(H,117,118)(H,99,110,131)/t44-,45+,46+,47+,53-,54-,55-,56-,57-,58-,59-,60-,61-,69-,70-,71-/m0/s1. The lowest BCUT2D eigenvalue weighted by Gasteiger charge is -2.30. The average molecular weight is 1880 g/mol. The molecule has 27 N–H and O–H groups in total. The second-order valence-electron chi connectivity index (χ2n) is 31.9. The van der Waals surface area contributed by atoms with E-state index in [1.807, 2.05) is 0 Å². The Morgan fingerprint density at radius 3 is 1.38 bits per heavy atom. The van der Waals surface area contributed by atoms with E-state index < -0.39 is 279 Å². The number of aryl methyl sites for hydroxylation is 1.